The number of hydrogen-bond donors (Lipinski definition) is 0. The molecule has 10 rings (SSSR count). The Morgan fingerprint density at radius 1 is 0.258 bits per heavy atom. The monoisotopic (exact) mass is 792 g/mol. The first-order chi connectivity index (χ1) is 30.7. The zero-order valence-corrected chi connectivity index (χ0v) is 33.5. The van der Waals surface area contributed by atoms with Crippen LogP contribution in [0.1, 0.15) is 5.56 Å². The fourth-order valence-corrected chi connectivity index (χ4v) is 7.78. The molecule has 0 atom stereocenters. The average molecular weight is 793 g/mol. The normalized spacial score (nSPS) is 10.9. The summed E-state index contributed by atoms with van der Waals surface area (Å²) >= 11 is 0. The van der Waals surface area contributed by atoms with Gasteiger partial charge >= 0.3 is 0 Å². The molecule has 8 aromatic carbocycles. The molecular formula is C56H36N6. The molecule has 0 saturated carbocycles. The maximum absolute atomic E-state index is 10.5. The van der Waals surface area contributed by atoms with Crippen LogP contribution in [0.3, 0.4) is 0 Å². The van der Waals surface area contributed by atoms with Crippen molar-refractivity contribution in [1.29, 1.82) is 5.26 Å². The molecule has 0 N–H and O–H groups in total. The van der Waals surface area contributed by atoms with Gasteiger partial charge in [-0.2, -0.15) is 5.26 Å². The summed E-state index contributed by atoms with van der Waals surface area (Å²) in [5.41, 5.74) is 13.3. The summed E-state index contributed by atoms with van der Waals surface area (Å²) < 4.78 is 0. The molecule has 0 saturated heterocycles. The second-order valence-electron chi connectivity index (χ2n) is 14.8. The number of nitriles is 1. The van der Waals surface area contributed by atoms with Gasteiger partial charge in [-0.1, -0.05) is 194 Å². The van der Waals surface area contributed by atoms with E-state index in [1.165, 1.54) is 0 Å². The van der Waals surface area contributed by atoms with Gasteiger partial charge in [0.1, 0.15) is 0 Å². The number of hydrogen-bond acceptors (Lipinski definition) is 6. The van der Waals surface area contributed by atoms with E-state index in [4.69, 9.17) is 24.9 Å². The van der Waals surface area contributed by atoms with Crippen LogP contribution in [0.25, 0.3) is 101 Å². The zero-order valence-electron chi connectivity index (χ0n) is 33.5. The third-order valence-electron chi connectivity index (χ3n) is 10.8. The lowest BCUT2D eigenvalue weighted by Crippen LogP contribution is -2.01. The third-order valence-corrected chi connectivity index (χ3v) is 10.8. The summed E-state index contributed by atoms with van der Waals surface area (Å²) in [7, 11) is 0. The molecule has 6 heteroatoms. The van der Waals surface area contributed by atoms with E-state index in [9.17, 15) is 5.26 Å². The summed E-state index contributed by atoms with van der Waals surface area (Å²) in [5, 5.41) is 10.5. The minimum absolute atomic E-state index is 0.519. The van der Waals surface area contributed by atoms with Crippen molar-refractivity contribution in [3.8, 4) is 108 Å². The highest BCUT2D eigenvalue weighted by molar-refractivity contribution is 5.94. The lowest BCUT2D eigenvalue weighted by Gasteiger charge is -2.17. The lowest BCUT2D eigenvalue weighted by atomic mass is 9.87. The van der Waals surface area contributed by atoms with Crippen molar-refractivity contribution in [2.45, 2.75) is 0 Å². The predicted octanol–water partition coefficient (Wildman–Crippen LogP) is 13.5. The highest BCUT2D eigenvalue weighted by atomic mass is 15.0. The van der Waals surface area contributed by atoms with Crippen molar-refractivity contribution in [1.82, 2.24) is 24.9 Å². The van der Waals surface area contributed by atoms with Crippen molar-refractivity contribution in [3.63, 3.8) is 0 Å². The Labute approximate surface area is 360 Å². The Morgan fingerprint density at radius 3 is 1.32 bits per heavy atom. The maximum atomic E-state index is 10.5. The van der Waals surface area contributed by atoms with Gasteiger partial charge in [-0.05, 0) is 52.1 Å². The molecule has 0 fully saturated rings. The highest BCUT2D eigenvalue weighted by Gasteiger charge is 2.20. The summed E-state index contributed by atoms with van der Waals surface area (Å²) in [6.07, 6.45) is 0. The van der Waals surface area contributed by atoms with Gasteiger partial charge in [0.05, 0.1) is 23.0 Å². The van der Waals surface area contributed by atoms with Crippen LogP contribution in [0.5, 0.6) is 0 Å². The molecule has 10 aromatic rings. The van der Waals surface area contributed by atoms with E-state index in [2.05, 4.69) is 78.9 Å². The lowest BCUT2D eigenvalue weighted by molar-refractivity contribution is 1.07. The molecular weight excluding hydrogens is 757 g/mol. The topological polar surface area (TPSA) is 88.2 Å². The standard InChI is InChI=1S/C56H36N6/c57-37-45-26-13-14-29-46(45)50-35-44(56-61-54(41-24-11-4-12-25-41)60-55(62-56)43-28-17-27-42(34-43)38-18-5-1-6-19-38)32-33-48(50)47-30-15-16-31-49(47)52-36-51(39-20-7-2-8-21-39)58-53(59-52)40-22-9-3-10-23-40/h1-36H. The summed E-state index contributed by atoms with van der Waals surface area (Å²) in [5.74, 6) is 2.28. The second-order valence-corrected chi connectivity index (χ2v) is 14.8. The molecule has 6 nitrogen and oxygen atoms in total. The Morgan fingerprint density at radius 2 is 0.694 bits per heavy atom. The van der Waals surface area contributed by atoms with Crippen LogP contribution in [-0.4, -0.2) is 24.9 Å². The Balaban J connectivity index is 1.17. The fourth-order valence-electron chi connectivity index (χ4n) is 7.78. The number of rotatable bonds is 9. The highest BCUT2D eigenvalue weighted by Crippen LogP contribution is 2.42. The maximum Gasteiger partial charge on any atom is 0.164 e. The van der Waals surface area contributed by atoms with Gasteiger partial charge in [-0.3, -0.25) is 0 Å². The van der Waals surface area contributed by atoms with Crippen molar-refractivity contribution in [2.75, 3.05) is 0 Å². The molecule has 0 aliphatic carbocycles. The van der Waals surface area contributed by atoms with Crippen molar-refractivity contribution < 1.29 is 0 Å². The van der Waals surface area contributed by atoms with Gasteiger partial charge in [0.15, 0.2) is 23.3 Å². The van der Waals surface area contributed by atoms with E-state index in [0.717, 1.165) is 78.1 Å². The van der Waals surface area contributed by atoms with Gasteiger partial charge in [-0.15, -0.1) is 0 Å². The number of nitrogens with zero attached hydrogens (tertiary/aromatic N) is 6. The van der Waals surface area contributed by atoms with Crippen molar-refractivity contribution >= 4 is 0 Å². The first kappa shape index (κ1) is 37.6. The second kappa shape index (κ2) is 16.9. The first-order valence-corrected chi connectivity index (χ1v) is 20.4. The van der Waals surface area contributed by atoms with E-state index < -0.39 is 0 Å². The van der Waals surface area contributed by atoms with E-state index in [-0.39, 0.29) is 0 Å². The molecule has 0 unspecified atom stereocenters. The van der Waals surface area contributed by atoms with Crippen molar-refractivity contribution in [3.05, 3.63) is 224 Å². The molecule has 2 aromatic heterocycles. The van der Waals surface area contributed by atoms with E-state index >= 15 is 0 Å². The van der Waals surface area contributed by atoms with E-state index in [1.54, 1.807) is 0 Å². The molecule has 0 radical (unpaired) electrons. The third kappa shape index (κ3) is 7.66. The average Bonchev–Trinajstić information content (AvgIpc) is 3.37. The smallest absolute Gasteiger partial charge is 0.164 e. The van der Waals surface area contributed by atoms with Crippen LogP contribution >= 0.6 is 0 Å². The summed E-state index contributed by atoms with van der Waals surface area (Å²) in [4.78, 5) is 25.5. The van der Waals surface area contributed by atoms with Crippen LogP contribution < -0.4 is 0 Å². The van der Waals surface area contributed by atoms with Crippen molar-refractivity contribution in [2.24, 2.45) is 0 Å². The quantitative estimate of drug-likeness (QED) is 0.145. The minimum atomic E-state index is 0.519. The molecule has 0 aliphatic heterocycles. The predicted molar refractivity (Wildman–Crippen MR) is 249 cm³/mol. The molecule has 0 bridgehead atoms. The van der Waals surface area contributed by atoms with Gasteiger partial charge in [-0.25, -0.2) is 24.9 Å². The molecule has 290 valence electrons. The Kier molecular flexibility index (Phi) is 10.3. The molecule has 0 amide bonds. The molecule has 0 spiro atoms. The Hall–Kier alpha value is -8.66. The number of benzene rings is 8. The van der Waals surface area contributed by atoms with E-state index in [1.807, 2.05) is 146 Å². The summed E-state index contributed by atoms with van der Waals surface area (Å²) in [6, 6.07) is 75.6. The van der Waals surface area contributed by atoms with Gasteiger partial charge in [0, 0.05) is 38.9 Å². The Bertz CT molecular complexity index is 3180. The molecule has 0 aliphatic rings. The van der Waals surface area contributed by atoms with Gasteiger partial charge in [0.2, 0.25) is 0 Å². The SMILES string of the molecule is N#Cc1ccccc1-c1cc(-c2nc(-c3ccccc3)nc(-c3cccc(-c4ccccc4)c3)n2)ccc1-c1ccccc1-c1cc(-c2ccccc2)nc(-c2ccccc2)n1. The zero-order chi connectivity index (χ0) is 41.7. The fraction of sp³-hybridized carbons (Fsp3) is 0. The largest absolute Gasteiger partial charge is 0.228 e. The first-order valence-electron chi connectivity index (χ1n) is 20.4. The van der Waals surface area contributed by atoms with Crippen LogP contribution in [-0.2, 0) is 0 Å². The van der Waals surface area contributed by atoms with Gasteiger partial charge in [0.25, 0.3) is 0 Å². The minimum Gasteiger partial charge on any atom is -0.228 e. The van der Waals surface area contributed by atoms with Gasteiger partial charge < -0.3 is 0 Å². The summed E-state index contributed by atoms with van der Waals surface area (Å²) in [6.45, 7) is 0. The van der Waals surface area contributed by atoms with Crippen LogP contribution in [0, 0.1) is 11.3 Å². The van der Waals surface area contributed by atoms with E-state index in [0.29, 0.717) is 28.9 Å². The van der Waals surface area contributed by atoms with Crippen LogP contribution in [0.15, 0.2) is 218 Å². The number of aromatic nitrogens is 5. The molecule has 2 heterocycles. The van der Waals surface area contributed by atoms with Crippen LogP contribution in [0.4, 0.5) is 0 Å². The molecule has 62 heavy (non-hydrogen) atoms. The van der Waals surface area contributed by atoms with Crippen LogP contribution in [0.2, 0.25) is 0 Å².